The second kappa shape index (κ2) is 4.81. The third-order valence-corrected chi connectivity index (χ3v) is 0.752. The number of aliphatic carboxylic acids is 1. The van der Waals surface area contributed by atoms with Gasteiger partial charge in [-0.1, -0.05) is 0 Å². The average Bonchev–Trinajstić information content (AvgIpc) is 1.85. The van der Waals surface area contributed by atoms with Gasteiger partial charge in [0.2, 0.25) is 5.91 Å². The van der Waals surface area contributed by atoms with Crippen molar-refractivity contribution < 1.29 is 14.7 Å². The van der Waals surface area contributed by atoms with Gasteiger partial charge in [0.15, 0.2) is 0 Å². The van der Waals surface area contributed by atoms with Crippen LogP contribution in [-0.2, 0) is 9.59 Å². The molecule has 0 atom stereocenters. The Morgan fingerprint density at radius 3 is 2.50 bits per heavy atom. The summed E-state index contributed by atoms with van der Waals surface area (Å²) in [5.74, 6) is -1.68. The fourth-order valence-corrected chi connectivity index (χ4v) is 0.403. The summed E-state index contributed by atoms with van der Waals surface area (Å²) in [6.45, 7) is 0. The van der Waals surface area contributed by atoms with Gasteiger partial charge in [0.05, 0.1) is 6.00 Å². The van der Waals surface area contributed by atoms with E-state index in [0.29, 0.717) is 0 Å². The van der Waals surface area contributed by atoms with E-state index in [1.807, 2.05) is 0 Å². The van der Waals surface area contributed by atoms with Gasteiger partial charge < -0.3 is 10.4 Å². The molecule has 56 valence electrons. The highest BCUT2D eigenvalue weighted by molar-refractivity contribution is 6.18. The normalized spacial score (nSPS) is 9.70. The Balaban J connectivity index is 3.67. The van der Waals surface area contributed by atoms with E-state index >= 15 is 0 Å². The quantitative estimate of drug-likeness (QED) is 0.348. The average molecular weight is 164 g/mol. The number of amides is 1. The largest absolute Gasteiger partial charge is 0.478 e. The molecule has 0 spiro atoms. The van der Waals surface area contributed by atoms with Crippen molar-refractivity contribution in [1.29, 1.82) is 0 Å². The molecule has 2 N–H and O–H groups in total. The maximum Gasteiger partial charge on any atom is 0.328 e. The molecule has 0 rings (SSSR count). The number of carbonyl (C=O) groups is 2. The van der Waals surface area contributed by atoms with Crippen molar-refractivity contribution in [1.82, 2.24) is 5.32 Å². The van der Waals surface area contributed by atoms with Gasteiger partial charge in [-0.05, 0) is 0 Å². The molecular weight excluding hydrogens is 158 g/mol. The summed E-state index contributed by atoms with van der Waals surface area (Å²) in [5, 5.41) is 10.2. The van der Waals surface area contributed by atoms with Gasteiger partial charge in [0, 0.05) is 12.2 Å². The Kier molecular flexibility index (Phi) is 4.32. The van der Waals surface area contributed by atoms with Crippen LogP contribution >= 0.6 is 11.6 Å². The molecule has 0 aromatic carbocycles. The summed E-state index contributed by atoms with van der Waals surface area (Å²) in [4.78, 5) is 20.2. The zero-order chi connectivity index (χ0) is 7.98. The first-order valence-electron chi connectivity index (χ1n) is 2.41. The standard InChI is InChI=1S/C5H6ClNO3/c6-3-7-4(8)1-2-5(9)10/h1-2H,3H2,(H,7,8)(H,9,10)/b2-1-. The van der Waals surface area contributed by atoms with Crippen LogP contribution in [0, 0.1) is 0 Å². The third-order valence-electron chi connectivity index (χ3n) is 0.618. The van der Waals surface area contributed by atoms with Crippen LogP contribution in [-0.4, -0.2) is 23.0 Å². The maximum atomic E-state index is 10.4. The summed E-state index contributed by atoms with van der Waals surface area (Å²) < 4.78 is 0. The molecule has 1 amide bonds. The number of rotatable bonds is 3. The molecule has 0 saturated heterocycles. The van der Waals surface area contributed by atoms with Gasteiger partial charge in [-0.25, -0.2) is 4.79 Å². The zero-order valence-electron chi connectivity index (χ0n) is 5.00. The molecule has 0 aromatic heterocycles. The van der Waals surface area contributed by atoms with E-state index in [1.165, 1.54) is 0 Å². The Labute approximate surface area is 62.5 Å². The van der Waals surface area contributed by atoms with Crippen LogP contribution in [0.25, 0.3) is 0 Å². The van der Waals surface area contributed by atoms with Crippen molar-refractivity contribution >= 4 is 23.5 Å². The highest BCUT2D eigenvalue weighted by Gasteiger charge is 1.92. The van der Waals surface area contributed by atoms with Crippen LogP contribution in [0.3, 0.4) is 0 Å². The van der Waals surface area contributed by atoms with Crippen molar-refractivity contribution in [3.63, 3.8) is 0 Å². The number of hydrogen-bond donors (Lipinski definition) is 2. The minimum absolute atomic E-state index is 0.0250. The molecule has 0 fully saturated rings. The number of carbonyl (C=O) groups excluding carboxylic acids is 1. The molecule has 0 aromatic rings. The van der Waals surface area contributed by atoms with Crippen molar-refractivity contribution in [3.8, 4) is 0 Å². The lowest BCUT2D eigenvalue weighted by Crippen LogP contribution is -2.18. The molecule has 10 heavy (non-hydrogen) atoms. The van der Waals surface area contributed by atoms with Crippen LogP contribution in [0.5, 0.6) is 0 Å². The Bertz CT molecular complexity index is 166. The molecule has 0 bridgehead atoms. The minimum atomic E-state index is -1.16. The minimum Gasteiger partial charge on any atom is -0.478 e. The molecule has 0 heterocycles. The van der Waals surface area contributed by atoms with E-state index in [0.717, 1.165) is 12.2 Å². The van der Waals surface area contributed by atoms with Gasteiger partial charge in [0.25, 0.3) is 0 Å². The van der Waals surface area contributed by atoms with Gasteiger partial charge in [-0.15, -0.1) is 11.6 Å². The number of carboxylic acids is 1. The zero-order valence-corrected chi connectivity index (χ0v) is 5.76. The first kappa shape index (κ1) is 8.97. The van der Waals surface area contributed by atoms with Gasteiger partial charge in [-0.2, -0.15) is 0 Å². The molecule has 0 aliphatic heterocycles. The van der Waals surface area contributed by atoms with E-state index in [2.05, 4.69) is 5.32 Å². The molecule has 0 radical (unpaired) electrons. The molecule has 0 unspecified atom stereocenters. The number of alkyl halides is 1. The Hall–Kier alpha value is -1.03. The van der Waals surface area contributed by atoms with E-state index in [4.69, 9.17) is 16.7 Å². The SMILES string of the molecule is O=C(O)/C=C\C(=O)NCCl. The van der Waals surface area contributed by atoms with E-state index in [-0.39, 0.29) is 6.00 Å². The number of hydrogen-bond acceptors (Lipinski definition) is 2. The number of carboxylic acid groups (broad SMARTS) is 1. The van der Waals surface area contributed by atoms with Crippen molar-refractivity contribution in [2.45, 2.75) is 0 Å². The predicted molar refractivity (Wildman–Crippen MR) is 35.6 cm³/mol. The summed E-state index contributed by atoms with van der Waals surface area (Å²) in [7, 11) is 0. The lowest BCUT2D eigenvalue weighted by atomic mass is 10.5. The highest BCUT2D eigenvalue weighted by atomic mass is 35.5. The monoisotopic (exact) mass is 163 g/mol. The summed E-state index contributed by atoms with van der Waals surface area (Å²) >= 11 is 5.10. The van der Waals surface area contributed by atoms with Crippen molar-refractivity contribution in [2.75, 3.05) is 6.00 Å². The third kappa shape index (κ3) is 5.11. The number of nitrogens with one attached hydrogen (secondary N) is 1. The summed E-state index contributed by atoms with van der Waals surface area (Å²) in [6.07, 6.45) is 1.63. The van der Waals surface area contributed by atoms with Gasteiger partial charge >= 0.3 is 5.97 Å². The van der Waals surface area contributed by atoms with Crippen molar-refractivity contribution in [3.05, 3.63) is 12.2 Å². The van der Waals surface area contributed by atoms with Crippen LogP contribution < -0.4 is 5.32 Å². The van der Waals surface area contributed by atoms with E-state index in [1.54, 1.807) is 0 Å². The molecule has 4 nitrogen and oxygen atoms in total. The predicted octanol–water partition coefficient (Wildman–Crippen LogP) is -0.0603. The van der Waals surface area contributed by atoms with E-state index < -0.39 is 11.9 Å². The first-order valence-corrected chi connectivity index (χ1v) is 2.95. The first-order chi connectivity index (χ1) is 4.66. The van der Waals surface area contributed by atoms with Crippen LogP contribution in [0.1, 0.15) is 0 Å². The number of halogens is 1. The fraction of sp³-hybridized carbons (Fsp3) is 0.200. The van der Waals surface area contributed by atoms with E-state index in [9.17, 15) is 9.59 Å². The summed E-state index contributed by atoms with van der Waals surface area (Å²) in [5.41, 5.74) is 0. The van der Waals surface area contributed by atoms with Crippen LogP contribution in [0.2, 0.25) is 0 Å². The molecule has 0 aliphatic rings. The molecular formula is C5H6ClNO3. The lowest BCUT2D eigenvalue weighted by Gasteiger charge is -1.90. The highest BCUT2D eigenvalue weighted by Crippen LogP contribution is 1.74. The second-order valence-electron chi connectivity index (χ2n) is 1.35. The fourth-order valence-electron chi connectivity index (χ4n) is 0.272. The lowest BCUT2D eigenvalue weighted by molar-refractivity contribution is -0.131. The van der Waals surface area contributed by atoms with Crippen LogP contribution in [0.15, 0.2) is 12.2 Å². The molecule has 0 aliphatic carbocycles. The van der Waals surface area contributed by atoms with Crippen molar-refractivity contribution in [2.24, 2.45) is 0 Å². The Morgan fingerprint density at radius 2 is 2.10 bits per heavy atom. The topological polar surface area (TPSA) is 66.4 Å². The Morgan fingerprint density at radius 1 is 1.50 bits per heavy atom. The molecule has 0 saturated carbocycles. The smallest absolute Gasteiger partial charge is 0.328 e. The van der Waals surface area contributed by atoms with Gasteiger partial charge in [-0.3, -0.25) is 4.79 Å². The summed E-state index contributed by atoms with van der Waals surface area (Å²) in [6, 6.07) is -0.0250. The van der Waals surface area contributed by atoms with Gasteiger partial charge in [0.1, 0.15) is 0 Å². The molecule has 5 heteroatoms. The van der Waals surface area contributed by atoms with Crippen LogP contribution in [0.4, 0.5) is 0 Å². The second-order valence-corrected chi connectivity index (χ2v) is 1.61. The maximum absolute atomic E-state index is 10.4.